The van der Waals surface area contributed by atoms with Crippen LogP contribution in [0, 0.1) is 0 Å². The Morgan fingerprint density at radius 3 is 2.39 bits per heavy atom. The number of anilines is 1. The minimum atomic E-state index is -2.46. The lowest BCUT2D eigenvalue weighted by atomic mass is 9.88. The molecule has 3 heterocycles. The molecule has 0 spiro atoms. The lowest BCUT2D eigenvalue weighted by Gasteiger charge is -2.48. The summed E-state index contributed by atoms with van der Waals surface area (Å²) in [5, 5.41) is 3.12. The molecule has 2 aromatic carbocycles. The van der Waals surface area contributed by atoms with E-state index in [0.717, 1.165) is 5.56 Å². The maximum absolute atomic E-state index is 12.5. The third-order valence-corrected chi connectivity index (χ3v) is 8.43. The van der Waals surface area contributed by atoms with Crippen molar-refractivity contribution in [2.45, 2.75) is 37.3 Å². The number of imidazole rings is 1. The Kier molecular flexibility index (Phi) is 8.42. The van der Waals surface area contributed by atoms with Crippen molar-refractivity contribution in [1.29, 1.82) is 0 Å². The normalized spacial score (nSPS) is 18.4. The predicted octanol–water partition coefficient (Wildman–Crippen LogP) is 4.66. The van der Waals surface area contributed by atoms with Gasteiger partial charge in [-0.15, -0.1) is 0 Å². The van der Waals surface area contributed by atoms with Crippen LogP contribution in [-0.4, -0.2) is 65.1 Å². The highest BCUT2D eigenvalue weighted by Crippen LogP contribution is 2.41. The molecule has 0 amide bonds. The van der Waals surface area contributed by atoms with E-state index in [0.29, 0.717) is 59.1 Å². The molecular formula is C31H31N6O6S-. The maximum Gasteiger partial charge on any atom is 0.213 e. The molecule has 5 aromatic rings. The first-order valence-electron chi connectivity index (χ1n) is 14.0. The smallest absolute Gasteiger partial charge is 0.213 e. The number of para-hydroxylation sites is 1. The number of rotatable bonds is 12. The second-order valence-electron chi connectivity index (χ2n) is 10.2. The number of nitrogens with one attached hydrogen (secondary N) is 1. The Balaban J connectivity index is 1.39. The van der Waals surface area contributed by atoms with Gasteiger partial charge in [0.15, 0.2) is 17.1 Å². The third kappa shape index (κ3) is 5.68. The lowest BCUT2D eigenvalue weighted by molar-refractivity contribution is -0.0251. The minimum Gasteiger partial charge on any atom is -0.771 e. The Labute approximate surface area is 256 Å². The standard InChI is InChI=1S/C31H32N6O6S/c1-4-42-26-15-8-12-22(33-26)29-35-28-30(37(29)27-23(40-2)13-9-14-24(27)41-3)34-25(18-32-28)36-31(44(38)39)16-21(17-31)43-19-20-10-6-5-7-11-20/h5-15,18,21H,4,16-17,19H2,1-3H3,(H,34,36)(H,38,39)/p-1. The van der Waals surface area contributed by atoms with Gasteiger partial charge in [0, 0.05) is 18.9 Å². The van der Waals surface area contributed by atoms with Gasteiger partial charge in [-0.3, -0.25) is 8.78 Å². The molecule has 44 heavy (non-hydrogen) atoms. The van der Waals surface area contributed by atoms with Crippen LogP contribution in [0.25, 0.3) is 28.5 Å². The van der Waals surface area contributed by atoms with Crippen LogP contribution in [0.5, 0.6) is 17.4 Å². The zero-order valence-electron chi connectivity index (χ0n) is 24.4. The van der Waals surface area contributed by atoms with Crippen LogP contribution < -0.4 is 19.5 Å². The second-order valence-corrected chi connectivity index (χ2v) is 11.4. The summed E-state index contributed by atoms with van der Waals surface area (Å²) in [7, 11) is 3.12. The van der Waals surface area contributed by atoms with Crippen molar-refractivity contribution in [3.05, 3.63) is 78.5 Å². The second kappa shape index (κ2) is 12.6. The molecule has 6 rings (SSSR count). The molecule has 1 N–H and O–H groups in total. The van der Waals surface area contributed by atoms with Crippen molar-refractivity contribution in [3.63, 3.8) is 0 Å². The molecule has 0 radical (unpaired) electrons. The summed E-state index contributed by atoms with van der Waals surface area (Å²) in [5.74, 6) is 2.12. The van der Waals surface area contributed by atoms with Gasteiger partial charge >= 0.3 is 0 Å². The van der Waals surface area contributed by atoms with Crippen LogP contribution in [0.4, 0.5) is 5.82 Å². The van der Waals surface area contributed by atoms with Gasteiger partial charge < -0.3 is 28.8 Å². The Morgan fingerprint density at radius 2 is 1.70 bits per heavy atom. The number of methoxy groups -OCH3 is 2. The number of ether oxygens (including phenoxy) is 4. The molecule has 12 nitrogen and oxygen atoms in total. The fraction of sp³-hybridized carbons (Fsp3) is 0.290. The molecule has 1 fully saturated rings. The van der Waals surface area contributed by atoms with Gasteiger partial charge in [0.25, 0.3) is 0 Å². The molecule has 1 saturated carbocycles. The fourth-order valence-electron chi connectivity index (χ4n) is 5.21. The van der Waals surface area contributed by atoms with Gasteiger partial charge in [-0.25, -0.2) is 19.9 Å². The van der Waals surface area contributed by atoms with Gasteiger partial charge in [-0.05, 0) is 41.8 Å². The van der Waals surface area contributed by atoms with Gasteiger partial charge in [-0.2, -0.15) is 0 Å². The number of hydrogen-bond acceptors (Lipinski definition) is 11. The van der Waals surface area contributed by atoms with Gasteiger partial charge in [0.1, 0.15) is 33.6 Å². The van der Waals surface area contributed by atoms with E-state index in [1.54, 1.807) is 43.1 Å². The highest BCUT2D eigenvalue weighted by molar-refractivity contribution is 7.80. The summed E-state index contributed by atoms with van der Waals surface area (Å²) in [5.41, 5.74) is 2.73. The molecule has 13 heteroatoms. The fourth-order valence-corrected chi connectivity index (χ4v) is 6.04. The molecule has 0 bridgehead atoms. The van der Waals surface area contributed by atoms with E-state index >= 15 is 0 Å². The number of fused-ring (bicyclic) bond motifs is 1. The summed E-state index contributed by atoms with van der Waals surface area (Å²) >= 11 is -2.46. The van der Waals surface area contributed by atoms with Gasteiger partial charge in [0.2, 0.25) is 5.88 Å². The zero-order chi connectivity index (χ0) is 30.7. The Bertz CT molecular complexity index is 1770. The Morgan fingerprint density at radius 1 is 0.977 bits per heavy atom. The summed E-state index contributed by atoms with van der Waals surface area (Å²) in [6, 6.07) is 20.6. The summed E-state index contributed by atoms with van der Waals surface area (Å²) in [6.45, 7) is 2.74. The van der Waals surface area contributed by atoms with Gasteiger partial charge in [-0.1, -0.05) is 42.5 Å². The summed E-state index contributed by atoms with van der Waals surface area (Å²) in [4.78, 5) is 17.5. The topological polar surface area (TPSA) is 146 Å². The lowest BCUT2D eigenvalue weighted by Crippen LogP contribution is -2.57. The SMILES string of the molecule is CCOc1cccc(-c2nc3ncc(NC4(S(=O)[O-])CC(OCc5ccccc5)C4)nc3n2-c2c(OC)cccc2OC)n1. The number of hydrogen-bond donors (Lipinski definition) is 1. The van der Waals surface area contributed by atoms with Crippen molar-refractivity contribution in [3.8, 4) is 34.6 Å². The van der Waals surface area contributed by atoms with Crippen LogP contribution in [-0.2, 0) is 22.4 Å². The van der Waals surface area contributed by atoms with E-state index in [9.17, 15) is 8.76 Å². The highest BCUT2D eigenvalue weighted by atomic mass is 32.2. The molecule has 1 atom stereocenters. The quantitative estimate of drug-likeness (QED) is 0.196. The van der Waals surface area contributed by atoms with E-state index < -0.39 is 16.0 Å². The first-order chi connectivity index (χ1) is 21.4. The molecule has 0 saturated heterocycles. The molecule has 0 aliphatic heterocycles. The van der Waals surface area contributed by atoms with Crippen molar-refractivity contribution >= 4 is 28.2 Å². The van der Waals surface area contributed by atoms with Crippen LogP contribution >= 0.6 is 0 Å². The minimum absolute atomic E-state index is 0.226. The van der Waals surface area contributed by atoms with Crippen molar-refractivity contribution < 1.29 is 27.7 Å². The third-order valence-electron chi connectivity index (χ3n) is 7.36. The zero-order valence-corrected chi connectivity index (χ0v) is 25.2. The number of nitrogens with zero attached hydrogens (tertiary/aromatic N) is 5. The molecule has 3 aromatic heterocycles. The van der Waals surface area contributed by atoms with E-state index in [1.165, 1.54) is 6.20 Å². The van der Waals surface area contributed by atoms with Crippen molar-refractivity contribution in [2.24, 2.45) is 0 Å². The van der Waals surface area contributed by atoms with E-state index in [4.69, 9.17) is 28.9 Å². The Hall–Kier alpha value is -4.59. The van der Waals surface area contributed by atoms with E-state index in [-0.39, 0.29) is 24.8 Å². The first kappa shape index (κ1) is 29.5. The molecule has 1 aliphatic rings. The molecule has 1 aliphatic carbocycles. The van der Waals surface area contributed by atoms with Crippen LogP contribution in [0.15, 0.2) is 72.9 Å². The summed E-state index contributed by atoms with van der Waals surface area (Å²) < 4.78 is 49.8. The van der Waals surface area contributed by atoms with Crippen molar-refractivity contribution in [2.75, 3.05) is 26.1 Å². The molecule has 228 valence electrons. The number of aromatic nitrogens is 5. The highest BCUT2D eigenvalue weighted by Gasteiger charge is 2.47. The number of pyridine rings is 1. The first-order valence-corrected chi connectivity index (χ1v) is 15.1. The average molecular weight is 616 g/mol. The monoisotopic (exact) mass is 615 g/mol. The van der Waals surface area contributed by atoms with E-state index in [1.807, 2.05) is 49.4 Å². The predicted molar refractivity (Wildman–Crippen MR) is 164 cm³/mol. The molecular weight excluding hydrogens is 584 g/mol. The summed E-state index contributed by atoms with van der Waals surface area (Å²) in [6.07, 6.45) is 1.76. The largest absolute Gasteiger partial charge is 0.771 e. The van der Waals surface area contributed by atoms with Crippen LogP contribution in [0.1, 0.15) is 25.3 Å². The van der Waals surface area contributed by atoms with Crippen molar-refractivity contribution in [1.82, 2.24) is 24.5 Å². The van der Waals surface area contributed by atoms with Crippen LogP contribution in [0.3, 0.4) is 0 Å². The van der Waals surface area contributed by atoms with Crippen LogP contribution in [0.2, 0.25) is 0 Å². The molecule has 1 unspecified atom stereocenters. The maximum atomic E-state index is 12.5. The van der Waals surface area contributed by atoms with Gasteiger partial charge in [0.05, 0.1) is 39.7 Å². The van der Waals surface area contributed by atoms with E-state index in [2.05, 4.69) is 15.3 Å². The average Bonchev–Trinajstić information content (AvgIpc) is 3.40. The number of benzene rings is 2.